The molecule has 1 aliphatic rings. The molecule has 4 nitrogen and oxygen atoms in total. The lowest BCUT2D eigenvalue weighted by atomic mass is 10.00. The van der Waals surface area contributed by atoms with Gasteiger partial charge in [0.1, 0.15) is 5.82 Å². The zero-order valence-corrected chi connectivity index (χ0v) is 10.2. The number of hydrogen-bond acceptors (Lipinski definition) is 3. The van der Waals surface area contributed by atoms with Gasteiger partial charge in [-0.25, -0.2) is 4.98 Å². The van der Waals surface area contributed by atoms with Crippen LogP contribution in [-0.2, 0) is 4.74 Å². The summed E-state index contributed by atoms with van der Waals surface area (Å²) in [6, 6.07) is 3.75. The summed E-state index contributed by atoms with van der Waals surface area (Å²) in [5.74, 6) is 1.41. The van der Waals surface area contributed by atoms with Crippen molar-refractivity contribution in [1.82, 2.24) is 9.38 Å². The molecule has 0 unspecified atom stereocenters. The normalized spacial score (nSPS) is 17.7. The molecular weight excluding hydrogens is 238 g/mol. The molecule has 0 amide bonds. The molecule has 1 fully saturated rings. The lowest BCUT2D eigenvalue weighted by Crippen LogP contribution is -2.16. The van der Waals surface area contributed by atoms with Gasteiger partial charge in [0.25, 0.3) is 0 Å². The Morgan fingerprint density at radius 3 is 2.88 bits per heavy atom. The van der Waals surface area contributed by atoms with Gasteiger partial charge in [0.2, 0.25) is 0 Å². The molecule has 2 aromatic rings. The van der Waals surface area contributed by atoms with Crippen molar-refractivity contribution in [1.29, 1.82) is 0 Å². The second-order valence-corrected chi connectivity index (χ2v) is 4.72. The maximum atomic E-state index is 6.15. The van der Waals surface area contributed by atoms with Gasteiger partial charge in [-0.3, -0.25) is 4.40 Å². The Morgan fingerprint density at radius 1 is 1.35 bits per heavy atom. The minimum atomic E-state index is 0.408. The molecule has 2 N–H and O–H groups in total. The maximum Gasteiger partial charge on any atom is 0.155 e. The Bertz CT molecular complexity index is 546. The fourth-order valence-electron chi connectivity index (χ4n) is 2.33. The first-order valence-electron chi connectivity index (χ1n) is 5.76. The summed E-state index contributed by atoms with van der Waals surface area (Å²) in [5.41, 5.74) is 7.46. The van der Waals surface area contributed by atoms with Gasteiger partial charge in [-0.2, -0.15) is 0 Å². The Hall–Kier alpha value is -1.26. The number of nitrogens with zero attached hydrogens (tertiary/aromatic N) is 2. The summed E-state index contributed by atoms with van der Waals surface area (Å²) in [7, 11) is 0. The molecule has 0 spiro atoms. The molecule has 0 atom stereocenters. The van der Waals surface area contributed by atoms with Crippen LogP contribution in [0.5, 0.6) is 0 Å². The highest BCUT2D eigenvalue weighted by Gasteiger charge is 2.22. The summed E-state index contributed by atoms with van der Waals surface area (Å²) in [6.45, 7) is 1.58. The van der Waals surface area contributed by atoms with Crippen LogP contribution in [0.4, 0.5) is 5.69 Å². The number of nitrogen functional groups attached to an aromatic ring is 1. The lowest BCUT2D eigenvalue weighted by molar-refractivity contribution is 0.0835. The van der Waals surface area contributed by atoms with Gasteiger partial charge in [0.05, 0.1) is 5.52 Å². The zero-order valence-electron chi connectivity index (χ0n) is 9.40. The average molecular weight is 252 g/mol. The van der Waals surface area contributed by atoms with Crippen LogP contribution in [0.25, 0.3) is 5.52 Å². The average Bonchev–Trinajstić information content (AvgIpc) is 2.67. The SMILES string of the molecule is Nc1ccc2c(Cl)nc(C3CCOCC3)n2c1. The minimum Gasteiger partial charge on any atom is -0.398 e. The molecule has 5 heteroatoms. The van der Waals surface area contributed by atoms with Gasteiger partial charge in [-0.1, -0.05) is 11.6 Å². The fourth-order valence-corrected chi connectivity index (χ4v) is 2.57. The summed E-state index contributed by atoms with van der Waals surface area (Å²) < 4.78 is 7.38. The van der Waals surface area contributed by atoms with E-state index in [2.05, 4.69) is 4.98 Å². The summed E-state index contributed by atoms with van der Waals surface area (Å²) in [5, 5.41) is 0.548. The number of fused-ring (bicyclic) bond motifs is 1. The summed E-state index contributed by atoms with van der Waals surface area (Å²) >= 11 is 6.15. The molecule has 3 heterocycles. The molecule has 1 aliphatic heterocycles. The number of ether oxygens (including phenoxy) is 1. The number of halogens is 1. The van der Waals surface area contributed by atoms with Gasteiger partial charge in [-0.15, -0.1) is 0 Å². The van der Waals surface area contributed by atoms with E-state index in [1.54, 1.807) is 0 Å². The molecular formula is C12H14ClN3O. The first-order chi connectivity index (χ1) is 8.25. The largest absolute Gasteiger partial charge is 0.398 e. The van der Waals surface area contributed by atoms with E-state index in [1.165, 1.54) is 0 Å². The van der Waals surface area contributed by atoms with Gasteiger partial charge < -0.3 is 10.5 Å². The number of imidazole rings is 1. The molecule has 0 aliphatic carbocycles. The van der Waals surface area contributed by atoms with Crippen LogP contribution >= 0.6 is 11.6 Å². The van der Waals surface area contributed by atoms with E-state index in [0.29, 0.717) is 11.1 Å². The van der Waals surface area contributed by atoms with Gasteiger partial charge >= 0.3 is 0 Å². The standard InChI is InChI=1S/C12H14ClN3O/c13-11-10-2-1-9(14)7-16(10)12(15-11)8-3-5-17-6-4-8/h1-2,7-8H,3-6,14H2. The highest BCUT2D eigenvalue weighted by Crippen LogP contribution is 2.30. The van der Waals surface area contributed by atoms with E-state index < -0.39 is 0 Å². The number of pyridine rings is 1. The Balaban J connectivity index is 2.11. The van der Waals surface area contributed by atoms with E-state index in [-0.39, 0.29) is 0 Å². The molecule has 0 radical (unpaired) electrons. The van der Waals surface area contributed by atoms with Gasteiger partial charge in [0, 0.05) is 31.0 Å². The van der Waals surface area contributed by atoms with E-state index in [4.69, 9.17) is 22.1 Å². The second kappa shape index (κ2) is 4.20. The molecule has 0 bridgehead atoms. The van der Waals surface area contributed by atoms with E-state index in [9.17, 15) is 0 Å². The fraction of sp³-hybridized carbons (Fsp3) is 0.417. The molecule has 0 saturated carbocycles. The topological polar surface area (TPSA) is 52.5 Å². The van der Waals surface area contributed by atoms with Crippen molar-refractivity contribution in [2.45, 2.75) is 18.8 Å². The summed E-state index contributed by atoms with van der Waals surface area (Å²) in [6.07, 6.45) is 3.87. The maximum absolute atomic E-state index is 6.15. The van der Waals surface area contributed by atoms with Crippen LogP contribution in [0.3, 0.4) is 0 Å². The van der Waals surface area contributed by atoms with Crippen molar-refractivity contribution >= 4 is 22.8 Å². The van der Waals surface area contributed by atoms with Crippen molar-refractivity contribution < 1.29 is 4.74 Å². The summed E-state index contributed by atoms with van der Waals surface area (Å²) in [4.78, 5) is 4.47. The monoisotopic (exact) mass is 251 g/mol. The first-order valence-corrected chi connectivity index (χ1v) is 6.14. The molecule has 0 aromatic carbocycles. The third-order valence-corrected chi connectivity index (χ3v) is 3.51. The highest BCUT2D eigenvalue weighted by atomic mass is 35.5. The Morgan fingerprint density at radius 2 is 2.12 bits per heavy atom. The van der Waals surface area contributed by atoms with Crippen LogP contribution in [0.1, 0.15) is 24.6 Å². The zero-order chi connectivity index (χ0) is 11.8. The van der Waals surface area contributed by atoms with Gasteiger partial charge in [-0.05, 0) is 25.0 Å². The van der Waals surface area contributed by atoms with E-state index in [1.807, 2.05) is 22.7 Å². The van der Waals surface area contributed by atoms with E-state index in [0.717, 1.165) is 43.1 Å². The second-order valence-electron chi connectivity index (χ2n) is 4.37. The molecule has 3 rings (SSSR count). The predicted octanol–water partition coefficient (Wildman–Crippen LogP) is 2.46. The molecule has 2 aromatic heterocycles. The Labute approximate surface area is 104 Å². The van der Waals surface area contributed by atoms with Crippen LogP contribution in [-0.4, -0.2) is 22.6 Å². The van der Waals surface area contributed by atoms with Crippen molar-refractivity contribution in [3.8, 4) is 0 Å². The highest BCUT2D eigenvalue weighted by molar-refractivity contribution is 6.32. The van der Waals surface area contributed by atoms with Crippen molar-refractivity contribution in [2.24, 2.45) is 0 Å². The third-order valence-electron chi connectivity index (χ3n) is 3.23. The molecule has 17 heavy (non-hydrogen) atoms. The third kappa shape index (κ3) is 1.87. The smallest absolute Gasteiger partial charge is 0.155 e. The van der Waals surface area contributed by atoms with Crippen LogP contribution in [0.15, 0.2) is 18.3 Å². The van der Waals surface area contributed by atoms with Crippen molar-refractivity contribution in [3.05, 3.63) is 29.3 Å². The first kappa shape index (κ1) is 10.9. The number of hydrogen-bond donors (Lipinski definition) is 1. The van der Waals surface area contributed by atoms with Crippen molar-refractivity contribution in [3.63, 3.8) is 0 Å². The Kier molecular flexibility index (Phi) is 2.68. The van der Waals surface area contributed by atoms with Crippen LogP contribution < -0.4 is 5.73 Å². The number of rotatable bonds is 1. The van der Waals surface area contributed by atoms with Crippen molar-refractivity contribution in [2.75, 3.05) is 18.9 Å². The molecule has 1 saturated heterocycles. The number of nitrogens with two attached hydrogens (primary N) is 1. The lowest BCUT2D eigenvalue weighted by Gasteiger charge is -2.20. The number of aromatic nitrogens is 2. The van der Waals surface area contributed by atoms with Gasteiger partial charge in [0.15, 0.2) is 5.15 Å². The quantitative estimate of drug-likeness (QED) is 0.847. The van der Waals surface area contributed by atoms with Crippen LogP contribution in [0, 0.1) is 0 Å². The van der Waals surface area contributed by atoms with E-state index >= 15 is 0 Å². The van der Waals surface area contributed by atoms with Crippen LogP contribution in [0.2, 0.25) is 5.15 Å². The number of anilines is 1. The molecule has 90 valence electrons. The minimum absolute atomic E-state index is 0.408. The predicted molar refractivity (Wildman–Crippen MR) is 67.4 cm³/mol.